The highest BCUT2D eigenvalue weighted by molar-refractivity contribution is 7.18. The summed E-state index contributed by atoms with van der Waals surface area (Å²) < 4.78 is 0. The van der Waals surface area contributed by atoms with E-state index in [-0.39, 0.29) is 0 Å². The number of fused-ring (bicyclic) bond motifs is 1. The first-order chi connectivity index (χ1) is 13.7. The van der Waals surface area contributed by atoms with Crippen LogP contribution >= 0.6 is 11.3 Å². The van der Waals surface area contributed by atoms with Gasteiger partial charge in [0.25, 0.3) is 0 Å². The van der Waals surface area contributed by atoms with Crippen LogP contribution in [0.3, 0.4) is 0 Å². The fourth-order valence-electron chi connectivity index (χ4n) is 4.64. The molecule has 5 rings (SSSR count). The highest BCUT2D eigenvalue weighted by Gasteiger charge is 2.35. The van der Waals surface area contributed by atoms with Gasteiger partial charge in [-0.25, -0.2) is 15.0 Å². The highest BCUT2D eigenvalue weighted by atomic mass is 32.1. The van der Waals surface area contributed by atoms with Crippen LogP contribution in [-0.2, 0) is 5.60 Å². The molecule has 1 saturated carbocycles. The van der Waals surface area contributed by atoms with Crippen LogP contribution in [0.5, 0.6) is 0 Å². The molecule has 28 heavy (non-hydrogen) atoms. The second-order valence-electron chi connectivity index (χ2n) is 8.12. The second kappa shape index (κ2) is 7.41. The summed E-state index contributed by atoms with van der Waals surface area (Å²) in [5, 5.41) is 12.4. The molecule has 0 spiro atoms. The van der Waals surface area contributed by atoms with Gasteiger partial charge in [-0.05, 0) is 31.2 Å². The third-order valence-electron chi connectivity index (χ3n) is 6.35. The highest BCUT2D eigenvalue weighted by Crippen LogP contribution is 2.39. The SMILES string of the molecule is OC1(c2ccccc2)CCN(c2ncnc3sc(C4CCCCC4)nc23)CC1. The van der Waals surface area contributed by atoms with Crippen molar-refractivity contribution in [3.05, 3.63) is 47.2 Å². The maximum Gasteiger partial charge on any atom is 0.159 e. The van der Waals surface area contributed by atoms with Gasteiger partial charge in [-0.1, -0.05) is 60.9 Å². The van der Waals surface area contributed by atoms with E-state index in [0.29, 0.717) is 18.8 Å². The fourth-order valence-corrected chi connectivity index (χ4v) is 5.71. The van der Waals surface area contributed by atoms with E-state index < -0.39 is 5.60 Å². The van der Waals surface area contributed by atoms with Crippen molar-refractivity contribution >= 4 is 27.5 Å². The molecule has 1 aliphatic heterocycles. The lowest BCUT2D eigenvalue weighted by atomic mass is 9.84. The number of hydrogen-bond donors (Lipinski definition) is 1. The second-order valence-corrected chi connectivity index (χ2v) is 9.13. The maximum absolute atomic E-state index is 11.1. The lowest BCUT2D eigenvalue weighted by Gasteiger charge is -2.39. The van der Waals surface area contributed by atoms with Crippen molar-refractivity contribution in [2.45, 2.75) is 56.5 Å². The molecule has 3 heterocycles. The molecule has 5 nitrogen and oxygen atoms in total. The fraction of sp³-hybridized carbons (Fsp3) is 0.500. The van der Waals surface area contributed by atoms with Crippen molar-refractivity contribution in [1.82, 2.24) is 15.0 Å². The zero-order chi connectivity index (χ0) is 19.0. The van der Waals surface area contributed by atoms with Crippen molar-refractivity contribution in [2.24, 2.45) is 0 Å². The third-order valence-corrected chi connectivity index (χ3v) is 7.47. The molecule has 1 saturated heterocycles. The molecule has 0 unspecified atom stereocenters. The van der Waals surface area contributed by atoms with E-state index in [0.717, 1.165) is 34.8 Å². The minimum atomic E-state index is -0.751. The normalized spacial score (nSPS) is 20.5. The number of nitrogens with zero attached hydrogens (tertiary/aromatic N) is 4. The van der Waals surface area contributed by atoms with Crippen molar-refractivity contribution in [1.29, 1.82) is 0 Å². The van der Waals surface area contributed by atoms with Gasteiger partial charge in [0.2, 0.25) is 0 Å². The number of piperidine rings is 1. The summed E-state index contributed by atoms with van der Waals surface area (Å²) in [6.45, 7) is 1.54. The van der Waals surface area contributed by atoms with Crippen molar-refractivity contribution in [3.8, 4) is 0 Å². The van der Waals surface area contributed by atoms with Crippen LogP contribution in [0.4, 0.5) is 5.82 Å². The van der Waals surface area contributed by atoms with E-state index in [1.165, 1.54) is 37.1 Å². The Balaban J connectivity index is 1.39. The van der Waals surface area contributed by atoms with E-state index in [4.69, 9.17) is 4.98 Å². The lowest BCUT2D eigenvalue weighted by Crippen LogP contribution is -2.43. The molecule has 2 aromatic heterocycles. The molecule has 3 aromatic rings. The van der Waals surface area contributed by atoms with Crippen LogP contribution in [0.15, 0.2) is 36.7 Å². The summed E-state index contributed by atoms with van der Waals surface area (Å²) in [6.07, 6.45) is 9.52. The molecular weight excluding hydrogens is 368 g/mol. The first kappa shape index (κ1) is 18.0. The van der Waals surface area contributed by atoms with Crippen molar-refractivity contribution in [3.63, 3.8) is 0 Å². The van der Waals surface area contributed by atoms with Gasteiger partial charge in [-0.15, -0.1) is 0 Å². The van der Waals surface area contributed by atoms with Crippen LogP contribution in [-0.4, -0.2) is 33.1 Å². The van der Waals surface area contributed by atoms with Crippen LogP contribution in [0.2, 0.25) is 0 Å². The van der Waals surface area contributed by atoms with E-state index in [1.807, 2.05) is 30.3 Å². The van der Waals surface area contributed by atoms with E-state index in [9.17, 15) is 5.11 Å². The summed E-state index contributed by atoms with van der Waals surface area (Å²) in [7, 11) is 0. The van der Waals surface area contributed by atoms with Gasteiger partial charge in [0, 0.05) is 19.0 Å². The lowest BCUT2D eigenvalue weighted by molar-refractivity contribution is 0.0117. The maximum atomic E-state index is 11.1. The first-order valence-corrected chi connectivity index (χ1v) is 11.2. The summed E-state index contributed by atoms with van der Waals surface area (Å²) in [5.41, 5.74) is 1.20. The minimum Gasteiger partial charge on any atom is -0.385 e. The molecule has 1 aliphatic carbocycles. The summed E-state index contributed by atoms with van der Waals surface area (Å²) in [5.74, 6) is 1.52. The zero-order valence-electron chi connectivity index (χ0n) is 16.0. The number of aliphatic hydroxyl groups is 1. The van der Waals surface area contributed by atoms with Crippen LogP contribution in [0.1, 0.15) is 61.4 Å². The molecule has 1 aromatic carbocycles. The standard InChI is InChI=1S/C22H26N4OS/c27-22(17-9-5-2-6-10-17)11-13-26(14-12-22)19-18-21(24-15-23-19)28-20(25-18)16-7-3-1-4-8-16/h2,5-6,9-10,15-16,27H,1,3-4,7-8,11-14H2. The molecule has 1 N–H and O–H groups in total. The van der Waals surface area contributed by atoms with Crippen LogP contribution < -0.4 is 4.90 Å². The van der Waals surface area contributed by atoms with Gasteiger partial charge >= 0.3 is 0 Å². The molecule has 0 atom stereocenters. The molecule has 0 radical (unpaired) electrons. The third kappa shape index (κ3) is 3.29. The molecule has 2 fully saturated rings. The Labute approximate surface area is 169 Å². The number of thiazole rings is 1. The van der Waals surface area contributed by atoms with Crippen molar-refractivity contribution in [2.75, 3.05) is 18.0 Å². The Kier molecular flexibility index (Phi) is 4.77. The predicted octanol–water partition coefficient (Wildman–Crippen LogP) is 4.62. The number of rotatable bonds is 3. The number of benzene rings is 1. The van der Waals surface area contributed by atoms with Crippen molar-refractivity contribution < 1.29 is 5.11 Å². The molecule has 0 amide bonds. The largest absolute Gasteiger partial charge is 0.385 e. The van der Waals surface area contributed by atoms with E-state index >= 15 is 0 Å². The molecule has 146 valence electrons. The Morgan fingerprint density at radius 3 is 2.50 bits per heavy atom. The molecular formula is C22H26N4OS. The van der Waals surface area contributed by atoms with Gasteiger partial charge in [0.05, 0.1) is 10.6 Å². The Bertz CT molecular complexity index is 944. The first-order valence-electron chi connectivity index (χ1n) is 10.4. The molecule has 6 heteroatoms. The Hall–Kier alpha value is -2.05. The number of anilines is 1. The zero-order valence-corrected chi connectivity index (χ0v) is 16.9. The molecule has 2 aliphatic rings. The van der Waals surface area contributed by atoms with Gasteiger partial charge in [-0.2, -0.15) is 0 Å². The van der Waals surface area contributed by atoms with Gasteiger partial charge in [-0.3, -0.25) is 0 Å². The topological polar surface area (TPSA) is 62.1 Å². The van der Waals surface area contributed by atoms with E-state index in [1.54, 1.807) is 17.7 Å². The Morgan fingerprint density at radius 1 is 1.00 bits per heavy atom. The summed E-state index contributed by atoms with van der Waals surface area (Å²) >= 11 is 1.74. The average Bonchev–Trinajstić information content (AvgIpc) is 3.20. The minimum absolute atomic E-state index is 0.588. The molecule has 0 bridgehead atoms. The Morgan fingerprint density at radius 2 is 1.75 bits per heavy atom. The predicted molar refractivity (Wildman–Crippen MR) is 113 cm³/mol. The number of hydrogen-bond acceptors (Lipinski definition) is 6. The summed E-state index contributed by atoms with van der Waals surface area (Å²) in [4.78, 5) is 17.3. The van der Waals surface area contributed by atoms with Crippen LogP contribution in [0, 0.1) is 0 Å². The van der Waals surface area contributed by atoms with Gasteiger partial charge in [0.1, 0.15) is 16.7 Å². The average molecular weight is 395 g/mol. The van der Waals surface area contributed by atoms with Gasteiger partial charge in [0.15, 0.2) is 5.82 Å². The summed E-state index contributed by atoms with van der Waals surface area (Å²) in [6, 6.07) is 10.0. The quantitative estimate of drug-likeness (QED) is 0.702. The van der Waals surface area contributed by atoms with E-state index in [2.05, 4.69) is 14.9 Å². The van der Waals surface area contributed by atoms with Crippen LogP contribution in [0.25, 0.3) is 10.3 Å². The smallest absolute Gasteiger partial charge is 0.159 e. The number of aromatic nitrogens is 3. The monoisotopic (exact) mass is 394 g/mol. The van der Waals surface area contributed by atoms with Gasteiger partial charge < -0.3 is 10.0 Å².